The van der Waals surface area contributed by atoms with Crippen LogP contribution < -0.4 is 5.32 Å². The van der Waals surface area contributed by atoms with Crippen LogP contribution >= 0.6 is 0 Å². The monoisotopic (exact) mass is 391 g/mol. The van der Waals surface area contributed by atoms with Crippen molar-refractivity contribution in [2.24, 2.45) is 0 Å². The van der Waals surface area contributed by atoms with Gasteiger partial charge in [-0.25, -0.2) is 4.39 Å². The smallest absolute Gasteiger partial charge is 0.159 e. The van der Waals surface area contributed by atoms with Gasteiger partial charge in [-0.3, -0.25) is 0 Å². The predicted octanol–water partition coefficient (Wildman–Crippen LogP) is 5.23. The van der Waals surface area contributed by atoms with Gasteiger partial charge in [0.2, 0.25) is 0 Å². The van der Waals surface area contributed by atoms with Crippen LogP contribution in [-0.4, -0.2) is 18.9 Å². The average Bonchev–Trinajstić information content (AvgIpc) is 2.79. The molecule has 0 aromatic heterocycles. The van der Waals surface area contributed by atoms with Crippen molar-refractivity contribution in [3.63, 3.8) is 0 Å². The molecule has 1 fully saturated rings. The average molecular weight is 391 g/mol. The molecule has 3 aromatic carbocycles. The number of benzene rings is 3. The van der Waals surface area contributed by atoms with Crippen LogP contribution in [0.1, 0.15) is 35.6 Å². The van der Waals surface area contributed by atoms with E-state index in [1.807, 2.05) is 48.5 Å². The van der Waals surface area contributed by atoms with Gasteiger partial charge in [-0.15, -0.1) is 0 Å². The summed E-state index contributed by atoms with van der Waals surface area (Å²) < 4.78 is 25.4. The fourth-order valence-corrected chi connectivity index (χ4v) is 3.62. The van der Waals surface area contributed by atoms with Crippen LogP contribution in [0.15, 0.2) is 84.9 Å². The molecular weight excluding hydrogens is 365 g/mol. The second-order valence-electron chi connectivity index (χ2n) is 7.38. The van der Waals surface area contributed by atoms with E-state index in [-0.39, 0.29) is 24.3 Å². The summed E-state index contributed by atoms with van der Waals surface area (Å²) in [7, 11) is 0. The van der Waals surface area contributed by atoms with Crippen LogP contribution in [0, 0.1) is 5.82 Å². The third kappa shape index (κ3) is 5.51. The minimum atomic E-state index is -0.232. The van der Waals surface area contributed by atoms with E-state index in [4.69, 9.17) is 9.47 Å². The lowest BCUT2D eigenvalue weighted by Gasteiger charge is -2.32. The van der Waals surface area contributed by atoms with Gasteiger partial charge in [0.15, 0.2) is 6.29 Å². The predicted molar refractivity (Wildman–Crippen MR) is 112 cm³/mol. The number of nitrogens with one attached hydrogen (secondary N) is 1. The van der Waals surface area contributed by atoms with E-state index in [0.717, 1.165) is 29.5 Å². The van der Waals surface area contributed by atoms with Gasteiger partial charge in [-0.1, -0.05) is 72.8 Å². The van der Waals surface area contributed by atoms with Gasteiger partial charge in [0.1, 0.15) is 11.9 Å². The third-order valence-electron chi connectivity index (χ3n) is 5.23. The molecule has 0 bridgehead atoms. The summed E-state index contributed by atoms with van der Waals surface area (Å²) in [6.45, 7) is 1.30. The van der Waals surface area contributed by atoms with Crippen LogP contribution in [0.2, 0.25) is 0 Å². The van der Waals surface area contributed by atoms with Crippen molar-refractivity contribution in [3.05, 3.63) is 107 Å². The maximum absolute atomic E-state index is 13.0. The van der Waals surface area contributed by atoms with Crippen LogP contribution in [0.25, 0.3) is 0 Å². The molecule has 0 aliphatic carbocycles. The van der Waals surface area contributed by atoms with Gasteiger partial charge >= 0.3 is 0 Å². The van der Waals surface area contributed by atoms with E-state index in [1.54, 1.807) is 0 Å². The van der Waals surface area contributed by atoms with Crippen molar-refractivity contribution in [1.29, 1.82) is 0 Å². The largest absolute Gasteiger partial charge is 0.351 e. The van der Waals surface area contributed by atoms with Gasteiger partial charge in [0.05, 0.1) is 6.61 Å². The minimum absolute atomic E-state index is 0.147. The molecule has 4 heteroatoms. The highest BCUT2D eigenvalue weighted by atomic mass is 19.1. The molecule has 1 N–H and O–H groups in total. The molecule has 150 valence electrons. The summed E-state index contributed by atoms with van der Waals surface area (Å²) in [4.78, 5) is 0. The molecule has 0 spiro atoms. The Bertz CT molecular complexity index is 823. The molecule has 4 rings (SSSR count). The first-order valence-electron chi connectivity index (χ1n) is 10.1. The number of rotatable bonds is 7. The van der Waals surface area contributed by atoms with E-state index >= 15 is 0 Å². The van der Waals surface area contributed by atoms with Crippen LogP contribution in [0.5, 0.6) is 0 Å². The normalized spacial score (nSPS) is 19.4. The van der Waals surface area contributed by atoms with Gasteiger partial charge in [0.25, 0.3) is 0 Å². The van der Waals surface area contributed by atoms with Crippen LogP contribution in [0.3, 0.4) is 0 Å². The lowest BCUT2D eigenvalue weighted by molar-refractivity contribution is -0.187. The van der Waals surface area contributed by atoms with Gasteiger partial charge in [0, 0.05) is 12.6 Å². The Morgan fingerprint density at radius 3 is 2.03 bits per heavy atom. The molecule has 0 amide bonds. The minimum Gasteiger partial charge on any atom is -0.351 e. The lowest BCUT2D eigenvalue weighted by Crippen LogP contribution is -2.40. The van der Waals surface area contributed by atoms with Crippen molar-refractivity contribution < 1.29 is 13.9 Å². The Labute approximate surface area is 171 Å². The fraction of sp³-hybridized carbons (Fsp3) is 0.280. The molecule has 0 radical (unpaired) electrons. The number of ether oxygens (including phenoxy) is 2. The molecule has 2 unspecified atom stereocenters. The Morgan fingerprint density at radius 2 is 1.48 bits per heavy atom. The van der Waals surface area contributed by atoms with Gasteiger partial charge in [-0.2, -0.15) is 0 Å². The van der Waals surface area contributed by atoms with Crippen molar-refractivity contribution in [1.82, 2.24) is 5.32 Å². The van der Waals surface area contributed by atoms with Crippen molar-refractivity contribution >= 4 is 0 Å². The first-order chi connectivity index (χ1) is 14.3. The van der Waals surface area contributed by atoms with Crippen LogP contribution in [-0.2, 0) is 16.0 Å². The molecule has 1 saturated heterocycles. The maximum Gasteiger partial charge on any atom is 0.159 e. The SMILES string of the molecule is Fc1ccc(CNC2CCC(OC(c3ccccc3)c3ccccc3)OC2)cc1. The zero-order valence-electron chi connectivity index (χ0n) is 16.3. The van der Waals surface area contributed by atoms with E-state index < -0.39 is 0 Å². The van der Waals surface area contributed by atoms with Crippen molar-refractivity contribution in [2.45, 2.75) is 37.8 Å². The maximum atomic E-state index is 13.0. The second-order valence-corrected chi connectivity index (χ2v) is 7.38. The Balaban J connectivity index is 1.33. The third-order valence-corrected chi connectivity index (χ3v) is 5.23. The number of halogens is 1. The number of hydrogen-bond acceptors (Lipinski definition) is 3. The van der Waals surface area contributed by atoms with E-state index in [1.165, 1.54) is 12.1 Å². The summed E-state index contributed by atoms with van der Waals surface area (Å²) in [5, 5.41) is 3.49. The fourth-order valence-electron chi connectivity index (χ4n) is 3.62. The van der Waals surface area contributed by atoms with Crippen molar-refractivity contribution in [2.75, 3.05) is 6.61 Å². The molecule has 1 aliphatic heterocycles. The summed E-state index contributed by atoms with van der Waals surface area (Å²) >= 11 is 0. The quantitative estimate of drug-likeness (QED) is 0.598. The summed E-state index contributed by atoms with van der Waals surface area (Å²) in [5.74, 6) is -0.207. The van der Waals surface area contributed by atoms with E-state index in [9.17, 15) is 4.39 Å². The second kappa shape index (κ2) is 9.79. The molecule has 2 atom stereocenters. The van der Waals surface area contributed by atoms with E-state index in [2.05, 4.69) is 29.6 Å². The van der Waals surface area contributed by atoms with Gasteiger partial charge in [-0.05, 0) is 41.7 Å². The summed E-state index contributed by atoms with van der Waals surface area (Å²) in [5.41, 5.74) is 3.32. The molecular formula is C25H26FNO2. The molecule has 3 nitrogen and oxygen atoms in total. The van der Waals surface area contributed by atoms with Crippen molar-refractivity contribution in [3.8, 4) is 0 Å². The summed E-state index contributed by atoms with van der Waals surface area (Å²) in [6, 6.07) is 27.4. The Hall–Kier alpha value is -2.53. The molecule has 0 saturated carbocycles. The Morgan fingerprint density at radius 1 is 0.862 bits per heavy atom. The summed E-state index contributed by atoms with van der Waals surface area (Å²) in [6.07, 6.45) is 1.43. The van der Waals surface area contributed by atoms with Crippen LogP contribution in [0.4, 0.5) is 4.39 Å². The highest BCUT2D eigenvalue weighted by Gasteiger charge is 2.26. The van der Waals surface area contributed by atoms with Gasteiger partial charge < -0.3 is 14.8 Å². The lowest BCUT2D eigenvalue weighted by atomic mass is 10.0. The van der Waals surface area contributed by atoms with E-state index in [0.29, 0.717) is 13.2 Å². The Kier molecular flexibility index (Phi) is 6.67. The number of hydrogen-bond donors (Lipinski definition) is 1. The highest BCUT2D eigenvalue weighted by Crippen LogP contribution is 2.30. The molecule has 29 heavy (non-hydrogen) atoms. The first-order valence-corrected chi connectivity index (χ1v) is 10.1. The first kappa shape index (κ1) is 19.8. The molecule has 1 heterocycles. The zero-order chi connectivity index (χ0) is 19.9. The standard InChI is InChI=1S/C25H26FNO2/c26-22-13-11-19(12-14-22)17-27-23-15-16-24(28-18-23)29-25(20-7-3-1-4-8-20)21-9-5-2-6-10-21/h1-14,23-25,27H,15-18H2. The topological polar surface area (TPSA) is 30.5 Å². The molecule has 1 aliphatic rings. The zero-order valence-corrected chi connectivity index (χ0v) is 16.3. The highest BCUT2D eigenvalue weighted by molar-refractivity contribution is 5.30. The molecule has 3 aromatic rings.